The number of nitrogens with two attached hydrogens (primary N) is 1. The molecule has 0 heterocycles. The maximum absolute atomic E-state index is 10.4. The third kappa shape index (κ3) is 1.79. The number of allylic oxidation sites excluding steroid dienone is 2. The Labute approximate surface area is 133 Å². The molecule has 4 aliphatic rings. The Morgan fingerprint density at radius 1 is 1.09 bits per heavy atom. The summed E-state index contributed by atoms with van der Waals surface area (Å²) in [5.41, 5.74) is 6.77. The van der Waals surface area contributed by atoms with Crippen LogP contribution in [0.4, 0.5) is 0 Å². The molecule has 122 valence electrons. The third-order valence-electron chi connectivity index (χ3n) is 7.74. The zero-order valence-corrected chi connectivity index (χ0v) is 13.7. The predicted octanol–water partition coefficient (Wildman–Crippen LogP) is 2.24. The quantitative estimate of drug-likeness (QED) is 0.601. The summed E-state index contributed by atoms with van der Waals surface area (Å²) in [6, 6.07) is 0.182. The molecule has 22 heavy (non-hydrogen) atoms. The van der Waals surface area contributed by atoms with Crippen LogP contribution in [0.3, 0.4) is 0 Å². The molecule has 3 heteroatoms. The molecule has 0 aliphatic heterocycles. The van der Waals surface area contributed by atoms with Gasteiger partial charge in [-0.2, -0.15) is 0 Å². The second-order valence-electron chi connectivity index (χ2n) is 8.71. The van der Waals surface area contributed by atoms with Gasteiger partial charge in [0.05, 0.1) is 12.2 Å². The van der Waals surface area contributed by atoms with E-state index in [0.717, 1.165) is 25.7 Å². The maximum Gasteiger partial charge on any atom is 0.0780 e. The summed E-state index contributed by atoms with van der Waals surface area (Å²) >= 11 is 0. The SMILES string of the molecule is C[C@]12C=CC(O)CC1CC(N)[C@@H]1[C@H]2CC[C@]2(C)C(O)C=C[C@@H]12. The van der Waals surface area contributed by atoms with Gasteiger partial charge in [-0.25, -0.2) is 0 Å². The van der Waals surface area contributed by atoms with Crippen molar-refractivity contribution in [2.75, 3.05) is 0 Å². The lowest BCUT2D eigenvalue weighted by Gasteiger charge is -2.60. The van der Waals surface area contributed by atoms with Crippen LogP contribution in [0.15, 0.2) is 24.3 Å². The second-order valence-corrected chi connectivity index (χ2v) is 8.71. The van der Waals surface area contributed by atoms with E-state index in [2.05, 4.69) is 26.0 Å². The first-order valence-corrected chi connectivity index (χ1v) is 8.85. The van der Waals surface area contributed by atoms with Crippen molar-refractivity contribution in [1.82, 2.24) is 0 Å². The van der Waals surface area contributed by atoms with Crippen LogP contribution >= 0.6 is 0 Å². The van der Waals surface area contributed by atoms with Crippen molar-refractivity contribution < 1.29 is 10.2 Å². The first kappa shape index (κ1) is 14.9. The van der Waals surface area contributed by atoms with Crippen LogP contribution in [0.1, 0.15) is 39.5 Å². The lowest BCUT2D eigenvalue weighted by molar-refractivity contribution is -0.100. The maximum atomic E-state index is 10.4. The van der Waals surface area contributed by atoms with E-state index >= 15 is 0 Å². The van der Waals surface area contributed by atoms with Gasteiger partial charge in [0.25, 0.3) is 0 Å². The van der Waals surface area contributed by atoms with Crippen molar-refractivity contribution in [3.05, 3.63) is 24.3 Å². The van der Waals surface area contributed by atoms with Crippen LogP contribution in [0.25, 0.3) is 0 Å². The average molecular weight is 303 g/mol. The lowest BCUT2D eigenvalue weighted by Crippen LogP contribution is -2.60. The summed E-state index contributed by atoms with van der Waals surface area (Å²) in [7, 11) is 0. The van der Waals surface area contributed by atoms with Gasteiger partial charge in [0.15, 0.2) is 0 Å². The van der Waals surface area contributed by atoms with Crippen molar-refractivity contribution in [1.29, 1.82) is 0 Å². The Kier molecular flexibility index (Phi) is 3.18. The molecule has 0 spiro atoms. The molecule has 0 aromatic heterocycles. The summed E-state index contributed by atoms with van der Waals surface area (Å²) in [6.45, 7) is 4.61. The number of aliphatic hydroxyl groups excluding tert-OH is 2. The van der Waals surface area contributed by atoms with E-state index in [1.165, 1.54) is 0 Å². The summed E-state index contributed by atoms with van der Waals surface area (Å²) in [4.78, 5) is 0. The smallest absolute Gasteiger partial charge is 0.0780 e. The monoisotopic (exact) mass is 303 g/mol. The highest BCUT2D eigenvalue weighted by atomic mass is 16.3. The van der Waals surface area contributed by atoms with Gasteiger partial charge in [-0.1, -0.05) is 38.2 Å². The van der Waals surface area contributed by atoms with E-state index in [1.54, 1.807) is 0 Å². The van der Waals surface area contributed by atoms with Gasteiger partial charge in [-0.15, -0.1) is 0 Å². The Bertz CT molecular complexity index is 530. The normalized spacial score (nSPS) is 59.8. The van der Waals surface area contributed by atoms with Gasteiger partial charge >= 0.3 is 0 Å². The predicted molar refractivity (Wildman–Crippen MR) is 86.9 cm³/mol. The highest BCUT2D eigenvalue weighted by Crippen LogP contribution is 2.63. The molecule has 0 aromatic rings. The van der Waals surface area contributed by atoms with E-state index in [4.69, 9.17) is 5.73 Å². The molecule has 0 radical (unpaired) electrons. The van der Waals surface area contributed by atoms with Gasteiger partial charge in [0.1, 0.15) is 0 Å². The summed E-state index contributed by atoms with van der Waals surface area (Å²) in [5, 5.41) is 20.4. The van der Waals surface area contributed by atoms with Gasteiger partial charge in [0, 0.05) is 11.5 Å². The van der Waals surface area contributed by atoms with Gasteiger partial charge in [-0.3, -0.25) is 0 Å². The molecule has 0 amide bonds. The number of rotatable bonds is 0. The summed E-state index contributed by atoms with van der Waals surface area (Å²) in [6.07, 6.45) is 11.9. The van der Waals surface area contributed by atoms with Crippen molar-refractivity contribution in [2.24, 2.45) is 40.2 Å². The highest BCUT2D eigenvalue weighted by molar-refractivity contribution is 5.24. The fourth-order valence-corrected chi connectivity index (χ4v) is 6.28. The largest absolute Gasteiger partial charge is 0.389 e. The molecular formula is C19H29NO2. The topological polar surface area (TPSA) is 66.5 Å². The number of hydrogen-bond donors (Lipinski definition) is 3. The molecule has 2 fully saturated rings. The van der Waals surface area contributed by atoms with Crippen LogP contribution in [0.5, 0.6) is 0 Å². The third-order valence-corrected chi connectivity index (χ3v) is 7.74. The van der Waals surface area contributed by atoms with Crippen LogP contribution in [-0.4, -0.2) is 28.5 Å². The number of fused-ring (bicyclic) bond motifs is 5. The number of hydrogen-bond acceptors (Lipinski definition) is 3. The first-order valence-electron chi connectivity index (χ1n) is 8.85. The lowest BCUT2D eigenvalue weighted by atomic mass is 9.45. The molecule has 4 rings (SSSR count). The standard InChI is InChI=1S/C19H29NO2/c1-18-7-5-12(21)9-11(18)10-15(20)17-13-3-4-16(22)19(13,2)8-6-14(17)18/h3-5,7,11-17,21-22H,6,8-10,20H2,1-2H3/t11?,12?,13-,14+,15?,16?,17-,18-,19-/m0/s1. The fraction of sp³-hybridized carbons (Fsp3) is 0.789. The highest BCUT2D eigenvalue weighted by Gasteiger charge is 2.60. The molecule has 0 saturated heterocycles. The molecule has 4 unspecified atom stereocenters. The summed E-state index contributed by atoms with van der Waals surface area (Å²) < 4.78 is 0. The molecule has 0 aromatic carbocycles. The molecule has 3 nitrogen and oxygen atoms in total. The minimum atomic E-state index is -0.320. The van der Waals surface area contributed by atoms with E-state index in [1.807, 2.05) is 12.2 Å². The van der Waals surface area contributed by atoms with E-state index in [-0.39, 0.29) is 29.1 Å². The average Bonchev–Trinajstić information content (AvgIpc) is 2.77. The molecule has 4 N–H and O–H groups in total. The van der Waals surface area contributed by atoms with Crippen LogP contribution in [-0.2, 0) is 0 Å². The van der Waals surface area contributed by atoms with Crippen LogP contribution in [0, 0.1) is 34.5 Å². The molecule has 9 atom stereocenters. The number of aliphatic hydroxyl groups is 2. The Morgan fingerprint density at radius 3 is 2.64 bits per heavy atom. The second kappa shape index (κ2) is 4.68. The minimum Gasteiger partial charge on any atom is -0.389 e. The minimum absolute atomic E-state index is 0.0279. The van der Waals surface area contributed by atoms with E-state index in [9.17, 15) is 10.2 Å². The zero-order valence-electron chi connectivity index (χ0n) is 13.7. The van der Waals surface area contributed by atoms with Crippen LogP contribution in [0.2, 0.25) is 0 Å². The Morgan fingerprint density at radius 2 is 1.86 bits per heavy atom. The zero-order chi connectivity index (χ0) is 15.7. The van der Waals surface area contributed by atoms with Crippen LogP contribution < -0.4 is 5.73 Å². The summed E-state index contributed by atoms with van der Waals surface area (Å²) in [5.74, 6) is 1.91. The Hall–Kier alpha value is -0.640. The Balaban J connectivity index is 1.73. The van der Waals surface area contributed by atoms with Crippen molar-refractivity contribution in [3.8, 4) is 0 Å². The molecule has 4 aliphatic carbocycles. The van der Waals surface area contributed by atoms with Gasteiger partial charge in [-0.05, 0) is 54.8 Å². The van der Waals surface area contributed by atoms with Crippen molar-refractivity contribution >= 4 is 0 Å². The van der Waals surface area contributed by atoms with Crippen molar-refractivity contribution in [3.63, 3.8) is 0 Å². The van der Waals surface area contributed by atoms with Crippen molar-refractivity contribution in [2.45, 2.75) is 57.8 Å². The first-order chi connectivity index (χ1) is 10.4. The molecule has 0 bridgehead atoms. The van der Waals surface area contributed by atoms with Gasteiger partial charge in [0.2, 0.25) is 0 Å². The van der Waals surface area contributed by atoms with E-state index < -0.39 is 0 Å². The fourth-order valence-electron chi connectivity index (χ4n) is 6.28. The van der Waals surface area contributed by atoms with E-state index in [0.29, 0.717) is 23.7 Å². The molecule has 2 saturated carbocycles. The molecular weight excluding hydrogens is 274 g/mol. The van der Waals surface area contributed by atoms with Gasteiger partial charge < -0.3 is 15.9 Å².